The lowest BCUT2D eigenvalue weighted by Crippen LogP contribution is -2.33. The zero-order valence-corrected chi connectivity index (χ0v) is 26.4. The van der Waals surface area contributed by atoms with Crippen LogP contribution in [-0.2, 0) is 20.6 Å². The lowest BCUT2D eigenvalue weighted by atomic mass is 9.83. The highest BCUT2D eigenvalue weighted by atomic mass is 32.2. The second-order valence-corrected chi connectivity index (χ2v) is 12.6. The van der Waals surface area contributed by atoms with Crippen LogP contribution in [0.15, 0.2) is 76.6 Å². The lowest BCUT2D eigenvalue weighted by molar-refractivity contribution is -0.137. The topological polar surface area (TPSA) is 127 Å². The number of para-hydroxylation sites is 1. The standard InChI is InChI=1S/C32H26F3N3O7S2/c1-3-44-22-14-16(8-13-21(22)45-15-23(39)36-17-9-11-18(43-2)12-10-17)24-25-27(46-28-26(24)47-31(42)37-28)30(41)38(29(25)40)20-7-5-4-6-19(20)32(33,34)35/h4-14,24-25,27H,3,15H2,1-2H3,(H,36,39)(H,37,42)/t24-,25?,27?/m1/s1. The van der Waals surface area contributed by atoms with E-state index in [1.807, 2.05) is 0 Å². The SMILES string of the molecule is CCOc1cc([C@H]2c3sc(=O)[nH]c3SC3C(=O)N(c4ccccc4C(F)(F)F)C(=O)C32)ccc1OCC(=O)Nc1ccc(OC)cc1. The van der Waals surface area contributed by atoms with E-state index in [2.05, 4.69) is 10.3 Å². The molecule has 0 radical (unpaired) electrons. The first-order valence-corrected chi connectivity index (χ1v) is 16.0. The highest BCUT2D eigenvalue weighted by molar-refractivity contribution is 8.00. The summed E-state index contributed by atoms with van der Waals surface area (Å²) in [5, 5.41) is 1.99. The molecule has 0 aliphatic carbocycles. The molecular weight excluding hydrogens is 659 g/mol. The number of aromatic amines is 1. The predicted octanol–water partition coefficient (Wildman–Crippen LogP) is 5.68. The average Bonchev–Trinajstić information content (AvgIpc) is 3.54. The van der Waals surface area contributed by atoms with Gasteiger partial charge in [0.2, 0.25) is 11.8 Å². The number of hydrogen-bond donors (Lipinski definition) is 2. The Hall–Kier alpha value is -4.76. The Balaban J connectivity index is 1.32. The van der Waals surface area contributed by atoms with Crippen molar-refractivity contribution in [1.82, 2.24) is 4.98 Å². The molecule has 4 aromatic rings. The summed E-state index contributed by atoms with van der Waals surface area (Å²) in [6.45, 7) is 1.60. The monoisotopic (exact) mass is 685 g/mol. The first-order valence-electron chi connectivity index (χ1n) is 14.3. The summed E-state index contributed by atoms with van der Waals surface area (Å²) in [5.41, 5.74) is -0.649. The quantitative estimate of drug-likeness (QED) is 0.216. The number of fused-ring (bicyclic) bond motifs is 2. The molecule has 244 valence electrons. The molecule has 2 N–H and O–H groups in total. The zero-order chi connectivity index (χ0) is 33.5. The fourth-order valence-electron chi connectivity index (χ4n) is 5.64. The Labute approximate surface area is 273 Å². The van der Waals surface area contributed by atoms with Gasteiger partial charge in [0.05, 0.1) is 35.9 Å². The summed E-state index contributed by atoms with van der Waals surface area (Å²) in [6.07, 6.45) is -4.81. The number of thiazole rings is 1. The van der Waals surface area contributed by atoms with Crippen LogP contribution in [0.25, 0.3) is 0 Å². The number of thioether (sulfide) groups is 1. The second kappa shape index (κ2) is 12.8. The smallest absolute Gasteiger partial charge is 0.418 e. The van der Waals surface area contributed by atoms with Crippen LogP contribution in [0.1, 0.15) is 28.8 Å². The van der Waals surface area contributed by atoms with Gasteiger partial charge in [-0.2, -0.15) is 13.2 Å². The minimum atomic E-state index is -4.81. The van der Waals surface area contributed by atoms with Crippen molar-refractivity contribution in [3.8, 4) is 17.2 Å². The number of carbonyl (C=O) groups is 3. The molecule has 1 fully saturated rings. The van der Waals surface area contributed by atoms with E-state index in [9.17, 15) is 32.3 Å². The summed E-state index contributed by atoms with van der Waals surface area (Å²) in [6, 6.07) is 15.9. The number of nitrogens with one attached hydrogen (secondary N) is 2. The van der Waals surface area contributed by atoms with Gasteiger partial charge >= 0.3 is 11.0 Å². The number of H-pyrrole nitrogens is 1. The Morgan fingerprint density at radius 1 is 0.979 bits per heavy atom. The van der Waals surface area contributed by atoms with E-state index in [0.717, 1.165) is 35.2 Å². The molecule has 3 heterocycles. The van der Waals surface area contributed by atoms with E-state index < -0.39 is 57.1 Å². The molecule has 3 atom stereocenters. The van der Waals surface area contributed by atoms with Gasteiger partial charge in [-0.25, -0.2) is 4.90 Å². The molecule has 6 rings (SSSR count). The average molecular weight is 686 g/mol. The van der Waals surface area contributed by atoms with Gasteiger partial charge in [-0.05, 0) is 61.0 Å². The molecule has 0 saturated carbocycles. The van der Waals surface area contributed by atoms with Crippen molar-refractivity contribution in [3.05, 3.63) is 92.4 Å². The van der Waals surface area contributed by atoms with Gasteiger partial charge < -0.3 is 24.5 Å². The number of alkyl halides is 3. The Morgan fingerprint density at radius 3 is 2.43 bits per heavy atom. The fourth-order valence-corrected chi connectivity index (χ4v) is 8.16. The minimum Gasteiger partial charge on any atom is -0.497 e. The fraction of sp³-hybridized carbons (Fsp3) is 0.250. The number of aromatic nitrogens is 1. The number of anilines is 2. The third-order valence-corrected chi connectivity index (χ3v) is 10.0. The van der Waals surface area contributed by atoms with Crippen LogP contribution in [-0.4, -0.2) is 48.3 Å². The van der Waals surface area contributed by atoms with E-state index in [4.69, 9.17) is 14.2 Å². The molecule has 0 bridgehead atoms. The molecule has 1 aromatic heterocycles. The maximum Gasteiger partial charge on any atom is 0.418 e. The van der Waals surface area contributed by atoms with Crippen LogP contribution in [0.5, 0.6) is 17.2 Å². The van der Waals surface area contributed by atoms with Gasteiger partial charge in [0.1, 0.15) is 11.0 Å². The van der Waals surface area contributed by atoms with Gasteiger partial charge in [-0.3, -0.25) is 19.2 Å². The number of ether oxygens (including phenoxy) is 3. The van der Waals surface area contributed by atoms with E-state index >= 15 is 0 Å². The van der Waals surface area contributed by atoms with Gasteiger partial charge in [0, 0.05) is 16.5 Å². The normalized spacial score (nSPS) is 18.8. The van der Waals surface area contributed by atoms with Gasteiger partial charge in [-0.15, -0.1) is 0 Å². The minimum absolute atomic E-state index is 0.215. The van der Waals surface area contributed by atoms with E-state index in [0.29, 0.717) is 31.8 Å². The maximum absolute atomic E-state index is 14.0. The van der Waals surface area contributed by atoms with Crippen LogP contribution in [0.3, 0.4) is 0 Å². The van der Waals surface area contributed by atoms with Crippen molar-refractivity contribution in [2.24, 2.45) is 5.92 Å². The van der Waals surface area contributed by atoms with E-state index in [1.54, 1.807) is 49.4 Å². The Kier molecular flexibility index (Phi) is 8.76. The molecule has 47 heavy (non-hydrogen) atoms. The first-order chi connectivity index (χ1) is 22.5. The van der Waals surface area contributed by atoms with Crippen molar-refractivity contribution in [2.45, 2.75) is 29.3 Å². The number of benzene rings is 3. The Morgan fingerprint density at radius 2 is 1.72 bits per heavy atom. The molecule has 10 nitrogen and oxygen atoms in total. The number of methoxy groups -OCH3 is 1. The third-order valence-electron chi connectivity index (χ3n) is 7.63. The lowest BCUT2D eigenvalue weighted by Gasteiger charge is -2.30. The summed E-state index contributed by atoms with van der Waals surface area (Å²) in [7, 11) is 1.53. The van der Waals surface area contributed by atoms with E-state index in [1.165, 1.54) is 19.2 Å². The summed E-state index contributed by atoms with van der Waals surface area (Å²) >= 11 is 1.82. The van der Waals surface area contributed by atoms with Gasteiger partial charge in [-0.1, -0.05) is 41.3 Å². The maximum atomic E-state index is 14.0. The molecule has 3 aromatic carbocycles. The molecule has 15 heteroatoms. The number of imide groups is 1. The zero-order valence-electron chi connectivity index (χ0n) is 24.8. The van der Waals surface area contributed by atoms with Gasteiger partial charge in [0.25, 0.3) is 5.91 Å². The van der Waals surface area contributed by atoms with Crippen LogP contribution in [0, 0.1) is 5.92 Å². The molecule has 3 amide bonds. The van der Waals surface area contributed by atoms with Gasteiger partial charge in [0.15, 0.2) is 18.1 Å². The molecule has 2 aliphatic heterocycles. The van der Waals surface area contributed by atoms with Crippen molar-refractivity contribution in [1.29, 1.82) is 0 Å². The molecule has 2 aliphatic rings. The largest absolute Gasteiger partial charge is 0.497 e. The van der Waals surface area contributed by atoms with E-state index in [-0.39, 0.29) is 24.7 Å². The number of nitrogens with zero attached hydrogens (tertiary/aromatic N) is 1. The summed E-state index contributed by atoms with van der Waals surface area (Å²) in [4.78, 5) is 56.1. The van der Waals surface area contributed by atoms with Crippen LogP contribution in [0.4, 0.5) is 24.5 Å². The van der Waals surface area contributed by atoms with Crippen molar-refractivity contribution < 1.29 is 41.8 Å². The van der Waals surface area contributed by atoms with Crippen molar-refractivity contribution in [3.63, 3.8) is 0 Å². The number of rotatable bonds is 9. The predicted molar refractivity (Wildman–Crippen MR) is 169 cm³/mol. The van der Waals surface area contributed by atoms with Crippen LogP contribution >= 0.6 is 23.1 Å². The number of halogens is 3. The van der Waals surface area contributed by atoms with Crippen LogP contribution in [0.2, 0.25) is 0 Å². The number of carbonyl (C=O) groups excluding carboxylic acids is 3. The summed E-state index contributed by atoms with van der Waals surface area (Å²) < 4.78 is 58.5. The molecule has 1 saturated heterocycles. The van der Waals surface area contributed by atoms with Crippen molar-refractivity contribution >= 4 is 52.2 Å². The second-order valence-electron chi connectivity index (χ2n) is 10.5. The Bertz CT molecular complexity index is 1910. The third kappa shape index (κ3) is 6.20. The first kappa shape index (κ1) is 32.2. The highest BCUT2D eigenvalue weighted by Crippen LogP contribution is 2.54. The van der Waals surface area contributed by atoms with Crippen LogP contribution < -0.4 is 29.3 Å². The summed E-state index contributed by atoms with van der Waals surface area (Å²) in [5.74, 6) is -2.96. The molecule has 0 spiro atoms. The highest BCUT2D eigenvalue weighted by Gasteiger charge is 2.57. The number of hydrogen-bond acceptors (Lipinski definition) is 9. The van der Waals surface area contributed by atoms with Crippen molar-refractivity contribution in [2.75, 3.05) is 30.5 Å². The molecule has 2 unspecified atom stereocenters. The number of amides is 3. The molecular formula is C32H26F3N3O7S2.